The lowest BCUT2D eigenvalue weighted by Crippen LogP contribution is -2.35. The van der Waals surface area contributed by atoms with Crippen molar-refractivity contribution in [2.45, 2.75) is 6.42 Å². The first-order chi connectivity index (χ1) is 14.6. The second-order valence-electron chi connectivity index (χ2n) is 7.14. The van der Waals surface area contributed by atoms with Crippen LogP contribution in [0.2, 0.25) is 10.0 Å². The molecule has 2 aliphatic heterocycles. The molecule has 3 aromatic carbocycles. The molecule has 3 aromatic rings. The Balaban J connectivity index is 1.71. The van der Waals surface area contributed by atoms with Crippen molar-refractivity contribution in [2.75, 3.05) is 16.3 Å². The fraction of sp³-hybridized carbons (Fsp3) is 0.0833. The number of halogens is 2. The van der Waals surface area contributed by atoms with Gasteiger partial charge in [0.15, 0.2) is 0 Å². The Labute approximate surface area is 183 Å². The van der Waals surface area contributed by atoms with Crippen LogP contribution in [0.15, 0.2) is 78.5 Å². The van der Waals surface area contributed by atoms with E-state index in [2.05, 4.69) is 0 Å². The summed E-state index contributed by atoms with van der Waals surface area (Å²) in [5.41, 5.74) is 3.81. The summed E-state index contributed by atoms with van der Waals surface area (Å²) in [5, 5.41) is 0.465. The van der Waals surface area contributed by atoms with E-state index in [9.17, 15) is 9.59 Å². The number of benzene rings is 3. The predicted molar refractivity (Wildman–Crippen MR) is 120 cm³/mol. The molecular weight excluding hydrogens is 419 g/mol. The van der Waals surface area contributed by atoms with Gasteiger partial charge in [0.1, 0.15) is 5.70 Å². The standard InChI is InChI=1S/C24H16Cl2N2O2/c25-17-10-6-12-19(21(17)26)28-23(29)20(16-8-2-1-3-9-16)22(24(28)30)27-14-13-15-7-4-5-11-18(15)27/h1-12H,13-14H2. The van der Waals surface area contributed by atoms with Gasteiger partial charge in [0.05, 0.1) is 21.3 Å². The molecule has 0 unspecified atom stereocenters. The van der Waals surface area contributed by atoms with E-state index in [1.807, 2.05) is 59.5 Å². The lowest BCUT2D eigenvalue weighted by Gasteiger charge is -2.22. The maximum atomic E-state index is 13.7. The quantitative estimate of drug-likeness (QED) is 0.522. The van der Waals surface area contributed by atoms with Crippen LogP contribution in [-0.4, -0.2) is 18.4 Å². The number of hydrogen-bond acceptors (Lipinski definition) is 3. The third-order valence-electron chi connectivity index (χ3n) is 5.45. The van der Waals surface area contributed by atoms with Gasteiger partial charge in [0.2, 0.25) is 0 Å². The Kier molecular flexibility index (Phi) is 4.61. The molecule has 0 radical (unpaired) electrons. The summed E-state index contributed by atoms with van der Waals surface area (Å²) >= 11 is 12.5. The normalized spacial score (nSPS) is 15.9. The largest absolute Gasteiger partial charge is 0.336 e. The fourth-order valence-corrected chi connectivity index (χ4v) is 4.47. The molecule has 0 fully saturated rings. The van der Waals surface area contributed by atoms with Crippen molar-refractivity contribution in [3.8, 4) is 0 Å². The summed E-state index contributed by atoms with van der Waals surface area (Å²) in [4.78, 5) is 30.3. The SMILES string of the molecule is O=C1C(c2ccccc2)=C(N2CCc3ccccc32)C(=O)N1c1cccc(Cl)c1Cl. The molecule has 2 aliphatic rings. The number of para-hydroxylation sites is 1. The van der Waals surface area contributed by atoms with Crippen molar-refractivity contribution in [1.82, 2.24) is 0 Å². The highest BCUT2D eigenvalue weighted by Crippen LogP contribution is 2.42. The van der Waals surface area contributed by atoms with Gasteiger partial charge in [0.25, 0.3) is 11.8 Å². The van der Waals surface area contributed by atoms with Crippen molar-refractivity contribution in [3.63, 3.8) is 0 Å². The number of hydrogen-bond donors (Lipinski definition) is 0. The topological polar surface area (TPSA) is 40.6 Å². The zero-order valence-electron chi connectivity index (χ0n) is 15.8. The number of carbonyl (C=O) groups excluding carboxylic acids is 2. The number of carbonyl (C=O) groups is 2. The molecule has 148 valence electrons. The molecule has 6 heteroatoms. The molecule has 5 rings (SSSR count). The van der Waals surface area contributed by atoms with Crippen LogP contribution in [0, 0.1) is 0 Å². The van der Waals surface area contributed by atoms with Crippen molar-refractivity contribution >= 4 is 52.0 Å². The van der Waals surface area contributed by atoms with Crippen LogP contribution >= 0.6 is 23.2 Å². The van der Waals surface area contributed by atoms with E-state index in [0.29, 0.717) is 23.4 Å². The first kappa shape index (κ1) is 18.9. The van der Waals surface area contributed by atoms with Crippen LogP contribution < -0.4 is 9.80 Å². The van der Waals surface area contributed by atoms with Crippen LogP contribution in [0.25, 0.3) is 5.57 Å². The zero-order chi connectivity index (χ0) is 20.8. The smallest absolute Gasteiger partial charge is 0.282 e. The van der Waals surface area contributed by atoms with Gasteiger partial charge in [-0.1, -0.05) is 77.8 Å². The average molecular weight is 435 g/mol. The molecule has 4 nitrogen and oxygen atoms in total. The first-order valence-electron chi connectivity index (χ1n) is 9.56. The molecule has 2 amide bonds. The number of nitrogens with zero attached hydrogens (tertiary/aromatic N) is 2. The van der Waals surface area contributed by atoms with Crippen molar-refractivity contribution in [2.24, 2.45) is 0 Å². The summed E-state index contributed by atoms with van der Waals surface area (Å²) in [5.74, 6) is -0.811. The van der Waals surface area contributed by atoms with Gasteiger partial charge < -0.3 is 4.90 Å². The van der Waals surface area contributed by atoms with E-state index in [4.69, 9.17) is 23.2 Å². The summed E-state index contributed by atoms with van der Waals surface area (Å²) in [6, 6.07) is 22.1. The summed E-state index contributed by atoms with van der Waals surface area (Å²) in [6.45, 7) is 0.626. The first-order valence-corrected chi connectivity index (χ1v) is 10.3. The molecule has 30 heavy (non-hydrogen) atoms. The Morgan fingerprint density at radius 1 is 0.733 bits per heavy atom. The van der Waals surface area contributed by atoms with E-state index in [0.717, 1.165) is 22.6 Å². The van der Waals surface area contributed by atoms with E-state index in [1.54, 1.807) is 18.2 Å². The second kappa shape index (κ2) is 7.31. The van der Waals surface area contributed by atoms with E-state index >= 15 is 0 Å². The van der Waals surface area contributed by atoms with E-state index in [1.165, 1.54) is 0 Å². The van der Waals surface area contributed by atoms with Crippen LogP contribution in [0.3, 0.4) is 0 Å². The number of imide groups is 1. The minimum absolute atomic E-state index is 0.177. The lowest BCUT2D eigenvalue weighted by atomic mass is 10.0. The van der Waals surface area contributed by atoms with Gasteiger partial charge in [-0.25, -0.2) is 4.90 Å². The van der Waals surface area contributed by atoms with Crippen molar-refractivity contribution < 1.29 is 9.59 Å². The Morgan fingerprint density at radius 2 is 1.43 bits per heavy atom. The molecule has 2 heterocycles. The molecule has 0 aliphatic carbocycles. The molecule has 0 aromatic heterocycles. The lowest BCUT2D eigenvalue weighted by molar-refractivity contribution is -0.120. The van der Waals surface area contributed by atoms with Crippen LogP contribution in [0.5, 0.6) is 0 Å². The van der Waals surface area contributed by atoms with Gasteiger partial charge >= 0.3 is 0 Å². The van der Waals surface area contributed by atoms with E-state index < -0.39 is 11.8 Å². The predicted octanol–water partition coefficient (Wildman–Crippen LogP) is 5.34. The number of fused-ring (bicyclic) bond motifs is 1. The second-order valence-corrected chi connectivity index (χ2v) is 7.92. The van der Waals surface area contributed by atoms with Gasteiger partial charge in [-0.05, 0) is 35.7 Å². The zero-order valence-corrected chi connectivity index (χ0v) is 17.3. The summed E-state index contributed by atoms with van der Waals surface area (Å²) in [7, 11) is 0. The molecule has 0 spiro atoms. The maximum absolute atomic E-state index is 13.7. The Bertz CT molecular complexity index is 1220. The van der Waals surface area contributed by atoms with Crippen molar-refractivity contribution in [3.05, 3.63) is 99.7 Å². The number of amides is 2. The van der Waals surface area contributed by atoms with Gasteiger partial charge in [-0.2, -0.15) is 0 Å². The number of rotatable bonds is 3. The van der Waals surface area contributed by atoms with Gasteiger partial charge in [-0.3, -0.25) is 9.59 Å². The highest BCUT2D eigenvalue weighted by Gasteiger charge is 2.44. The van der Waals surface area contributed by atoms with Gasteiger partial charge in [0, 0.05) is 12.2 Å². The minimum Gasteiger partial charge on any atom is -0.336 e. The molecular formula is C24H16Cl2N2O2. The molecule has 0 bridgehead atoms. The molecule has 0 saturated heterocycles. The van der Waals surface area contributed by atoms with Crippen LogP contribution in [-0.2, 0) is 16.0 Å². The fourth-order valence-electron chi connectivity index (χ4n) is 4.09. The highest BCUT2D eigenvalue weighted by atomic mass is 35.5. The van der Waals surface area contributed by atoms with Gasteiger partial charge in [-0.15, -0.1) is 0 Å². The number of anilines is 2. The average Bonchev–Trinajstić information content (AvgIpc) is 3.29. The Hall–Kier alpha value is -3.08. The monoisotopic (exact) mass is 434 g/mol. The van der Waals surface area contributed by atoms with E-state index in [-0.39, 0.29) is 15.7 Å². The van der Waals surface area contributed by atoms with Crippen LogP contribution in [0.1, 0.15) is 11.1 Å². The maximum Gasteiger partial charge on any atom is 0.282 e. The third-order valence-corrected chi connectivity index (χ3v) is 6.26. The third kappa shape index (κ3) is 2.83. The molecule has 0 atom stereocenters. The van der Waals surface area contributed by atoms with Crippen LogP contribution in [0.4, 0.5) is 11.4 Å². The Morgan fingerprint density at radius 3 is 2.23 bits per heavy atom. The van der Waals surface area contributed by atoms with Crippen molar-refractivity contribution in [1.29, 1.82) is 0 Å². The minimum atomic E-state index is -0.408. The molecule has 0 saturated carbocycles. The molecule has 0 N–H and O–H groups in total. The summed E-state index contributed by atoms with van der Waals surface area (Å²) in [6.07, 6.45) is 0.807. The highest BCUT2D eigenvalue weighted by molar-refractivity contribution is 6.50. The summed E-state index contributed by atoms with van der Waals surface area (Å²) < 4.78 is 0.